The van der Waals surface area contributed by atoms with Crippen LogP contribution in [0, 0.1) is 0 Å². The van der Waals surface area contributed by atoms with Crippen molar-refractivity contribution in [3.63, 3.8) is 0 Å². The number of nitrogens with zero attached hydrogens (tertiary/aromatic N) is 2. The molecular weight excluding hydrogens is 178 g/mol. The largest absolute Gasteiger partial charge is 0.417 e. The van der Waals surface area contributed by atoms with Crippen molar-refractivity contribution < 1.29 is 13.5 Å². The summed E-state index contributed by atoms with van der Waals surface area (Å²) in [6, 6.07) is 1.22. The average molecular weight is 183 g/mol. The molecule has 3 nitrogen and oxygen atoms in total. The van der Waals surface area contributed by atoms with Gasteiger partial charge in [0.2, 0.25) is 5.88 Å². The molecule has 0 N–H and O–H groups in total. The number of halogens is 3. The first kappa shape index (κ1) is 8.26. The summed E-state index contributed by atoms with van der Waals surface area (Å²) in [7, 11) is 1.46. The molecule has 62 valence electrons. The van der Waals surface area contributed by atoms with E-state index in [-0.39, 0.29) is 11.0 Å². The van der Waals surface area contributed by atoms with E-state index in [0.717, 1.165) is 4.68 Å². The normalized spacial score (nSPS) is 10.6. The molecule has 0 amide bonds. The van der Waals surface area contributed by atoms with E-state index in [0.29, 0.717) is 0 Å². The molecule has 0 fully saturated rings. The van der Waals surface area contributed by atoms with Crippen molar-refractivity contribution in [1.82, 2.24) is 9.78 Å². The van der Waals surface area contributed by atoms with Crippen LogP contribution in [0.4, 0.5) is 8.78 Å². The van der Waals surface area contributed by atoms with Crippen molar-refractivity contribution in [2.24, 2.45) is 7.05 Å². The van der Waals surface area contributed by atoms with E-state index >= 15 is 0 Å². The number of aryl methyl sites for hydroxylation is 1. The third kappa shape index (κ3) is 2.04. The molecule has 0 bridgehead atoms. The molecule has 0 aliphatic rings. The first-order chi connectivity index (χ1) is 5.09. The van der Waals surface area contributed by atoms with Crippen molar-refractivity contribution in [1.29, 1.82) is 0 Å². The van der Waals surface area contributed by atoms with E-state index in [1.54, 1.807) is 0 Å². The van der Waals surface area contributed by atoms with Gasteiger partial charge in [-0.1, -0.05) is 11.6 Å². The van der Waals surface area contributed by atoms with Crippen LogP contribution >= 0.6 is 11.6 Å². The first-order valence-electron chi connectivity index (χ1n) is 2.74. The summed E-state index contributed by atoms with van der Waals surface area (Å²) < 4.78 is 28.4. The Hall–Kier alpha value is -0.840. The molecule has 1 heterocycles. The lowest BCUT2D eigenvalue weighted by Crippen LogP contribution is -2.05. The summed E-state index contributed by atoms with van der Waals surface area (Å²) in [4.78, 5) is 0. The van der Waals surface area contributed by atoms with Crippen LogP contribution in [0.2, 0.25) is 5.15 Å². The molecular formula is C5H5ClF2N2O. The molecule has 11 heavy (non-hydrogen) atoms. The molecule has 0 saturated heterocycles. The van der Waals surface area contributed by atoms with E-state index in [4.69, 9.17) is 11.6 Å². The fourth-order valence-electron chi connectivity index (χ4n) is 0.618. The van der Waals surface area contributed by atoms with Crippen LogP contribution in [0.25, 0.3) is 0 Å². The van der Waals surface area contributed by atoms with E-state index in [2.05, 4.69) is 9.84 Å². The molecule has 0 aromatic carbocycles. The second-order valence-corrected chi connectivity index (χ2v) is 2.19. The highest BCUT2D eigenvalue weighted by atomic mass is 35.5. The predicted octanol–water partition coefficient (Wildman–Crippen LogP) is 1.67. The van der Waals surface area contributed by atoms with Gasteiger partial charge in [-0.2, -0.15) is 13.9 Å². The smallest absolute Gasteiger partial charge is 0.388 e. The van der Waals surface area contributed by atoms with Gasteiger partial charge >= 0.3 is 6.61 Å². The first-order valence-corrected chi connectivity index (χ1v) is 3.11. The van der Waals surface area contributed by atoms with Gasteiger partial charge in [-0.25, -0.2) is 4.68 Å². The summed E-state index contributed by atoms with van der Waals surface area (Å²) in [6.45, 7) is -2.85. The van der Waals surface area contributed by atoms with Gasteiger partial charge in [-0.3, -0.25) is 0 Å². The van der Waals surface area contributed by atoms with Gasteiger partial charge in [0.1, 0.15) is 0 Å². The van der Waals surface area contributed by atoms with Crippen molar-refractivity contribution in [3.05, 3.63) is 11.2 Å². The molecule has 0 unspecified atom stereocenters. The molecule has 1 aromatic rings. The third-order valence-electron chi connectivity index (χ3n) is 1.02. The minimum atomic E-state index is -2.85. The fourth-order valence-corrected chi connectivity index (χ4v) is 0.825. The average Bonchev–Trinajstić information content (AvgIpc) is 2.09. The van der Waals surface area contributed by atoms with Crippen LogP contribution < -0.4 is 4.74 Å². The minimum absolute atomic E-state index is 0.0509. The van der Waals surface area contributed by atoms with Gasteiger partial charge in [-0.05, 0) is 0 Å². The molecule has 1 aromatic heterocycles. The maximum Gasteiger partial charge on any atom is 0.388 e. The number of alkyl halides is 2. The highest BCUT2D eigenvalue weighted by Crippen LogP contribution is 2.17. The molecule has 1 rings (SSSR count). The number of rotatable bonds is 2. The summed E-state index contributed by atoms with van der Waals surface area (Å²) in [5.74, 6) is -0.0509. The minimum Gasteiger partial charge on any atom is -0.417 e. The summed E-state index contributed by atoms with van der Waals surface area (Å²) >= 11 is 5.39. The van der Waals surface area contributed by atoms with Crippen LogP contribution in [0.1, 0.15) is 0 Å². The maximum atomic E-state index is 11.6. The Morgan fingerprint density at radius 2 is 2.36 bits per heavy atom. The maximum absolute atomic E-state index is 11.6. The lowest BCUT2D eigenvalue weighted by atomic mass is 10.7. The highest BCUT2D eigenvalue weighted by Gasteiger charge is 2.09. The standard InChI is InChI=1S/C5H5ClF2N2O/c1-10-4(11-5(7)8)2-3(6)9-10/h2,5H,1H3. The summed E-state index contributed by atoms with van der Waals surface area (Å²) in [5, 5.41) is 3.72. The lowest BCUT2D eigenvalue weighted by molar-refractivity contribution is -0.0553. The second kappa shape index (κ2) is 3.04. The number of hydrogen-bond donors (Lipinski definition) is 0. The van der Waals surface area contributed by atoms with E-state index in [1.807, 2.05) is 0 Å². The molecule has 0 aliphatic carbocycles. The Bertz CT molecular complexity index is 251. The van der Waals surface area contributed by atoms with Crippen LogP contribution in [0.15, 0.2) is 6.07 Å². The topological polar surface area (TPSA) is 27.1 Å². The zero-order valence-electron chi connectivity index (χ0n) is 5.59. The van der Waals surface area contributed by atoms with E-state index in [1.165, 1.54) is 13.1 Å². The Kier molecular flexibility index (Phi) is 2.28. The number of aromatic nitrogens is 2. The molecule has 0 saturated carbocycles. The Morgan fingerprint density at radius 1 is 1.73 bits per heavy atom. The van der Waals surface area contributed by atoms with Crippen molar-refractivity contribution in [2.75, 3.05) is 0 Å². The van der Waals surface area contributed by atoms with Crippen molar-refractivity contribution in [2.45, 2.75) is 6.61 Å². The summed E-state index contributed by atoms with van der Waals surface area (Å²) in [5.41, 5.74) is 0. The van der Waals surface area contributed by atoms with E-state index in [9.17, 15) is 8.78 Å². The lowest BCUT2D eigenvalue weighted by Gasteiger charge is -2.01. The molecule has 0 aliphatic heterocycles. The molecule has 0 atom stereocenters. The van der Waals surface area contributed by atoms with Crippen molar-refractivity contribution >= 4 is 11.6 Å². The third-order valence-corrected chi connectivity index (χ3v) is 1.20. The van der Waals surface area contributed by atoms with Gasteiger partial charge in [0.25, 0.3) is 0 Å². The van der Waals surface area contributed by atoms with Gasteiger partial charge in [-0.15, -0.1) is 0 Å². The van der Waals surface area contributed by atoms with Gasteiger partial charge < -0.3 is 4.74 Å². The van der Waals surface area contributed by atoms with Crippen molar-refractivity contribution in [3.8, 4) is 5.88 Å². The van der Waals surface area contributed by atoms with Gasteiger partial charge in [0, 0.05) is 13.1 Å². The number of ether oxygens (including phenoxy) is 1. The highest BCUT2D eigenvalue weighted by molar-refractivity contribution is 6.29. The molecule has 0 spiro atoms. The Morgan fingerprint density at radius 3 is 2.73 bits per heavy atom. The zero-order chi connectivity index (χ0) is 8.43. The zero-order valence-corrected chi connectivity index (χ0v) is 6.35. The number of hydrogen-bond acceptors (Lipinski definition) is 2. The monoisotopic (exact) mass is 182 g/mol. The quantitative estimate of drug-likeness (QED) is 0.696. The fraction of sp³-hybridized carbons (Fsp3) is 0.400. The van der Waals surface area contributed by atoms with Gasteiger partial charge in [0.15, 0.2) is 5.15 Å². The Labute approximate surface area is 66.5 Å². The molecule has 0 radical (unpaired) electrons. The Balaban J connectivity index is 2.77. The summed E-state index contributed by atoms with van der Waals surface area (Å²) in [6.07, 6.45) is 0. The van der Waals surface area contributed by atoms with Crippen LogP contribution in [-0.4, -0.2) is 16.4 Å². The van der Waals surface area contributed by atoms with Crippen LogP contribution in [0.5, 0.6) is 5.88 Å². The van der Waals surface area contributed by atoms with Crippen LogP contribution in [-0.2, 0) is 7.05 Å². The van der Waals surface area contributed by atoms with Gasteiger partial charge in [0.05, 0.1) is 0 Å². The van der Waals surface area contributed by atoms with Crippen LogP contribution in [0.3, 0.4) is 0 Å². The van der Waals surface area contributed by atoms with E-state index < -0.39 is 6.61 Å². The second-order valence-electron chi connectivity index (χ2n) is 1.81. The predicted molar refractivity (Wildman–Crippen MR) is 34.9 cm³/mol. The molecule has 6 heteroatoms. The SMILES string of the molecule is Cn1nc(Cl)cc1OC(F)F.